The maximum absolute atomic E-state index is 13.5. The summed E-state index contributed by atoms with van der Waals surface area (Å²) in [5, 5.41) is 33.8. The summed E-state index contributed by atoms with van der Waals surface area (Å²) >= 11 is 12.5. The molecule has 5 N–H and O–H groups in total. The Kier molecular flexibility index (Phi) is 18.3. The summed E-state index contributed by atoms with van der Waals surface area (Å²) in [6, 6.07) is 0.0831. The largest absolute Gasteiger partial charge is 0.443 e. The van der Waals surface area contributed by atoms with Crippen LogP contribution in [0.5, 0.6) is 0 Å². The number of fused-ring (bicyclic) bond motifs is 3. The zero-order valence-corrected chi connectivity index (χ0v) is 49.5. The second kappa shape index (κ2) is 22.8. The van der Waals surface area contributed by atoms with Gasteiger partial charge in [-0.2, -0.15) is 30.1 Å². The van der Waals surface area contributed by atoms with Crippen molar-refractivity contribution in [3.8, 4) is 0 Å². The molecule has 1 amide bonds. The van der Waals surface area contributed by atoms with Crippen LogP contribution < -0.4 is 10.2 Å². The predicted octanol–water partition coefficient (Wildman–Crippen LogP) is 5.78. The first-order valence-corrected chi connectivity index (χ1v) is 33.4. The van der Waals surface area contributed by atoms with Crippen LogP contribution in [0, 0.1) is 0 Å². The lowest BCUT2D eigenvalue weighted by Crippen LogP contribution is -2.43. The first kappa shape index (κ1) is 61.7. The van der Waals surface area contributed by atoms with Gasteiger partial charge in [-0.3, -0.25) is 9.46 Å². The van der Waals surface area contributed by atoms with Gasteiger partial charge in [0.1, 0.15) is 53.0 Å². The van der Waals surface area contributed by atoms with Gasteiger partial charge >= 0.3 is 13.7 Å². The van der Waals surface area contributed by atoms with Gasteiger partial charge in [-0.15, -0.1) is 12.4 Å². The average Bonchev–Trinajstić information content (AvgIpc) is 4.18. The molecule has 3 saturated heterocycles. The van der Waals surface area contributed by atoms with E-state index < -0.39 is 122 Å². The molecule has 9 rings (SSSR count). The number of carbonyl (C=O) groups excluding carboxylic acids is 1. The smallest absolute Gasteiger partial charge is 0.416 e. The molecule has 5 aliphatic rings. The minimum atomic E-state index is -4.93. The molecule has 0 bridgehead atoms. The minimum Gasteiger partial charge on any atom is -0.443 e. The SMILES string of the molecule is C[C@@H](P(=O)(O)O)S(=O)(=O)C[C@H]1O[C@@H](n2ncc3c(NC4CCCC4)nc(Cl)nc32)[C@H](O)[C@@H]1O.C[C@@H](P(C)(C)=O)S(=O)(=O)C[C@H]1O[C@@H](n2ncc3c(N(C(=O)OC(C)(C)C)C4CCCC4)nc(Cl)nc32)[C@@H]2OC(C)(C)O[C@@H]21.Cl. The van der Waals surface area contributed by atoms with Crippen molar-refractivity contribution in [1.82, 2.24) is 39.5 Å². The molecule has 4 aromatic heterocycles. The molecule has 0 spiro atoms. The molecule has 3 aliphatic heterocycles. The third-order valence-corrected chi connectivity index (χ3v) is 25.1. The summed E-state index contributed by atoms with van der Waals surface area (Å²) in [6.07, 6.45) is 0.753. The molecule has 0 aromatic carbocycles. The summed E-state index contributed by atoms with van der Waals surface area (Å²) in [5.41, 5.74) is -0.246. The Bertz CT molecular complexity index is 3150. The molecule has 5 fully saturated rings. The third kappa shape index (κ3) is 13.4. The summed E-state index contributed by atoms with van der Waals surface area (Å²) in [4.78, 5) is 47.7. The number of aliphatic hydroxyl groups is 2. The third-order valence-electron chi connectivity index (χ3n) is 14.2. The van der Waals surface area contributed by atoms with E-state index >= 15 is 0 Å². The number of amides is 1. The molecule has 10 atom stereocenters. The fourth-order valence-electron chi connectivity index (χ4n) is 9.99. The highest BCUT2D eigenvalue weighted by Crippen LogP contribution is 2.49. The number of nitrogens with zero attached hydrogens (tertiary/aromatic N) is 9. The lowest BCUT2D eigenvalue weighted by atomic mass is 10.1. The number of sulfone groups is 2. The number of rotatable bonds is 14. The topological polar surface area (TPSA) is 349 Å². The van der Waals surface area contributed by atoms with Crippen LogP contribution in [0.2, 0.25) is 10.6 Å². The quantitative estimate of drug-likeness (QED) is 0.0738. The molecule has 432 valence electrons. The van der Waals surface area contributed by atoms with E-state index in [4.69, 9.17) is 46.9 Å². The maximum Gasteiger partial charge on any atom is 0.416 e. The fraction of sp³-hybridized carbons (Fsp3) is 0.750. The summed E-state index contributed by atoms with van der Waals surface area (Å²) < 4.78 is 108. The summed E-state index contributed by atoms with van der Waals surface area (Å²) in [5.74, 6) is -1.60. The summed E-state index contributed by atoms with van der Waals surface area (Å²) in [7, 11) is -16.1. The van der Waals surface area contributed by atoms with Crippen LogP contribution in [0.4, 0.5) is 16.4 Å². The van der Waals surface area contributed by atoms with E-state index in [0.29, 0.717) is 16.6 Å². The molecule has 77 heavy (non-hydrogen) atoms. The highest BCUT2D eigenvalue weighted by Gasteiger charge is 2.58. The molecule has 26 nitrogen and oxygen atoms in total. The molecule has 2 saturated carbocycles. The van der Waals surface area contributed by atoms with Crippen LogP contribution in [0.25, 0.3) is 22.1 Å². The van der Waals surface area contributed by atoms with Crippen molar-refractivity contribution in [3.63, 3.8) is 0 Å². The van der Waals surface area contributed by atoms with E-state index in [1.807, 2.05) is 0 Å². The van der Waals surface area contributed by atoms with Crippen LogP contribution in [-0.4, -0.2) is 177 Å². The van der Waals surface area contributed by atoms with Gasteiger partial charge in [0, 0.05) is 12.1 Å². The Morgan fingerprint density at radius 3 is 1.90 bits per heavy atom. The van der Waals surface area contributed by atoms with E-state index in [1.165, 1.54) is 42.0 Å². The van der Waals surface area contributed by atoms with Crippen molar-refractivity contribution in [1.29, 1.82) is 0 Å². The number of hydrogen-bond donors (Lipinski definition) is 5. The van der Waals surface area contributed by atoms with E-state index in [2.05, 4.69) is 35.5 Å². The first-order valence-electron chi connectivity index (χ1n) is 24.8. The standard InChI is InChI=1S/C27H41ClN5O8PS.C17H25ClN5O8PS.ClH/c1-15(42(7,8)35)43(36,37)14-18-19-20(40-27(5,6)39-19)23(38-18)33-22-17(13-29-33)21(30-24(28)31-22)32(16-11-9-10-12-16)25(34)41-26(2,3)4;1-8(32(26,27)28)33(29,30)7-11-12(24)13(25)16(31-11)23-15-10(6-19-23)14(21-17(18)22-15)20-9-4-2-3-5-9;/h13,15-16,18-20,23H,9-12,14H2,1-8H3;6,8-9,11-13,16,24-25H,2-5,7H2,1H3,(H,20,21,22)(H2,26,27,28);1H/t15-,18+,19+,20+,23+;8-,11+,12+,13+,16+;/m00./s1. The lowest BCUT2D eigenvalue weighted by molar-refractivity contribution is -0.195. The molecular weight excluding hydrogens is 1160 g/mol. The van der Waals surface area contributed by atoms with E-state index in [-0.39, 0.29) is 52.2 Å². The molecular formula is C44H67Cl3N10O16P2S2. The number of halogens is 3. The zero-order valence-electron chi connectivity index (χ0n) is 43.7. The van der Waals surface area contributed by atoms with Gasteiger partial charge in [0.05, 0.1) is 41.8 Å². The van der Waals surface area contributed by atoms with Crippen LogP contribution in [0.3, 0.4) is 0 Å². The molecule has 0 radical (unpaired) electrons. The Morgan fingerprint density at radius 1 is 0.805 bits per heavy atom. The van der Waals surface area contributed by atoms with Gasteiger partial charge in [0.15, 0.2) is 60.0 Å². The van der Waals surface area contributed by atoms with Crippen molar-refractivity contribution in [3.05, 3.63) is 23.0 Å². The van der Waals surface area contributed by atoms with Gasteiger partial charge in [0.2, 0.25) is 10.6 Å². The number of aromatic nitrogens is 8. The molecule has 0 unspecified atom stereocenters. The van der Waals surface area contributed by atoms with Crippen molar-refractivity contribution in [2.75, 3.05) is 35.1 Å². The Hall–Kier alpha value is -2.92. The Labute approximate surface area is 461 Å². The van der Waals surface area contributed by atoms with Crippen molar-refractivity contribution in [2.45, 2.75) is 182 Å². The van der Waals surface area contributed by atoms with Crippen LogP contribution >= 0.6 is 50.3 Å². The normalized spacial score (nSPS) is 27.1. The van der Waals surface area contributed by atoms with Crippen molar-refractivity contribution in [2.24, 2.45) is 0 Å². The molecule has 7 heterocycles. The van der Waals surface area contributed by atoms with Crippen LogP contribution in [0.1, 0.15) is 112 Å². The van der Waals surface area contributed by atoms with Gasteiger partial charge in [0.25, 0.3) is 0 Å². The minimum absolute atomic E-state index is 0. The van der Waals surface area contributed by atoms with Gasteiger partial charge < -0.3 is 53.6 Å². The van der Waals surface area contributed by atoms with E-state index in [0.717, 1.165) is 58.3 Å². The predicted molar refractivity (Wildman–Crippen MR) is 286 cm³/mol. The van der Waals surface area contributed by atoms with Crippen molar-refractivity contribution >= 4 is 110 Å². The number of nitrogens with one attached hydrogen (secondary N) is 1. The average molecular weight is 1220 g/mol. The van der Waals surface area contributed by atoms with Gasteiger partial charge in [-0.05, 0) is 111 Å². The first-order chi connectivity index (χ1) is 35.2. The summed E-state index contributed by atoms with van der Waals surface area (Å²) in [6.45, 7) is 14.1. The second-order valence-corrected chi connectivity index (χ2v) is 33.5. The lowest BCUT2D eigenvalue weighted by Gasteiger charge is -2.31. The number of ether oxygens (including phenoxy) is 5. The highest BCUT2D eigenvalue weighted by atomic mass is 35.5. The molecule has 33 heteroatoms. The number of aliphatic hydroxyl groups excluding tert-OH is 2. The number of hydrogen-bond acceptors (Lipinski definition) is 21. The maximum atomic E-state index is 13.5. The number of carbonyl (C=O) groups is 1. The second-order valence-electron chi connectivity index (χ2n) is 21.8. The molecule has 2 aliphatic carbocycles. The zero-order chi connectivity index (χ0) is 55.8. The van der Waals surface area contributed by atoms with Gasteiger partial charge in [-0.1, -0.05) is 25.7 Å². The monoisotopic (exact) mass is 1220 g/mol. The van der Waals surface area contributed by atoms with Crippen LogP contribution in [0.15, 0.2) is 12.4 Å². The van der Waals surface area contributed by atoms with Crippen molar-refractivity contribution < 1.29 is 74.4 Å². The van der Waals surface area contributed by atoms with Crippen LogP contribution in [-0.2, 0) is 52.5 Å². The molecule has 4 aromatic rings. The Morgan fingerprint density at radius 2 is 1.31 bits per heavy atom. The van der Waals surface area contributed by atoms with Gasteiger partial charge in [-0.25, -0.2) is 31.0 Å². The fourth-order valence-corrected chi connectivity index (χ4v) is 17.6. The van der Waals surface area contributed by atoms with E-state index in [9.17, 15) is 50.8 Å². The number of anilines is 2. The van der Waals surface area contributed by atoms with E-state index in [1.54, 1.807) is 39.5 Å². The highest BCUT2D eigenvalue weighted by molar-refractivity contribution is 7.99. The Balaban J connectivity index is 0.000000228.